The van der Waals surface area contributed by atoms with Crippen molar-refractivity contribution in [2.75, 3.05) is 0 Å². The van der Waals surface area contributed by atoms with Crippen molar-refractivity contribution in [2.45, 2.75) is 137 Å². The van der Waals surface area contributed by atoms with E-state index in [1.54, 1.807) is 0 Å². The SMILES string of the molecule is CCCCCCC(=Cc1c(O)cc(C(C)(C)C)c(OC(C)=O)c1C(C)(C)C)CCCCCC. The number of hydrogen-bond acceptors (Lipinski definition) is 3. The third-order valence-electron chi connectivity index (χ3n) is 6.15. The van der Waals surface area contributed by atoms with Crippen LogP contribution in [0, 0.1) is 0 Å². The molecule has 0 atom stereocenters. The van der Waals surface area contributed by atoms with Crippen molar-refractivity contribution in [1.29, 1.82) is 0 Å². The predicted molar refractivity (Wildman–Crippen MR) is 142 cm³/mol. The Bertz CT molecular complexity index is 774. The quantitative estimate of drug-likeness (QED) is 0.193. The Hall–Kier alpha value is -1.77. The Labute approximate surface area is 204 Å². The molecule has 3 nitrogen and oxygen atoms in total. The van der Waals surface area contributed by atoms with Gasteiger partial charge in [0.15, 0.2) is 0 Å². The predicted octanol–water partition coefficient (Wildman–Crippen LogP) is 9.24. The fraction of sp³-hybridized carbons (Fsp3) is 0.700. The molecule has 0 unspecified atom stereocenters. The van der Waals surface area contributed by atoms with Gasteiger partial charge in [-0.15, -0.1) is 0 Å². The van der Waals surface area contributed by atoms with Gasteiger partial charge in [-0.3, -0.25) is 4.79 Å². The maximum atomic E-state index is 12.1. The van der Waals surface area contributed by atoms with Crippen molar-refractivity contribution in [2.24, 2.45) is 0 Å². The maximum Gasteiger partial charge on any atom is 0.308 e. The molecule has 0 saturated heterocycles. The Balaban J connectivity index is 3.65. The minimum absolute atomic E-state index is 0.270. The lowest BCUT2D eigenvalue weighted by atomic mass is 9.76. The molecule has 0 aliphatic heterocycles. The van der Waals surface area contributed by atoms with Gasteiger partial charge in [0, 0.05) is 23.6 Å². The van der Waals surface area contributed by atoms with E-state index >= 15 is 0 Å². The minimum Gasteiger partial charge on any atom is -0.507 e. The van der Waals surface area contributed by atoms with Crippen LogP contribution < -0.4 is 4.74 Å². The highest BCUT2D eigenvalue weighted by molar-refractivity contribution is 5.76. The average molecular weight is 459 g/mol. The van der Waals surface area contributed by atoms with E-state index < -0.39 is 0 Å². The molecule has 0 bridgehead atoms. The number of aromatic hydroxyl groups is 1. The van der Waals surface area contributed by atoms with E-state index in [-0.39, 0.29) is 22.5 Å². The zero-order valence-corrected chi connectivity index (χ0v) is 23.0. The first kappa shape index (κ1) is 29.3. The molecule has 0 spiro atoms. The van der Waals surface area contributed by atoms with E-state index in [2.05, 4.69) is 61.5 Å². The molecule has 0 aliphatic carbocycles. The largest absolute Gasteiger partial charge is 0.507 e. The van der Waals surface area contributed by atoms with Gasteiger partial charge in [0.2, 0.25) is 0 Å². The van der Waals surface area contributed by atoms with Crippen LogP contribution in [-0.2, 0) is 15.6 Å². The summed E-state index contributed by atoms with van der Waals surface area (Å²) in [6.07, 6.45) is 14.1. The standard InChI is InChI=1S/C30H50O3/c1-10-12-14-16-18-23(19-17-15-13-11-2)20-24-26(32)21-25(29(4,5)6)28(33-22(3)31)27(24)30(7,8)9/h20-21,32H,10-19H2,1-9H3. The van der Waals surface area contributed by atoms with Crippen LogP contribution in [-0.4, -0.2) is 11.1 Å². The number of rotatable bonds is 12. The maximum absolute atomic E-state index is 12.1. The van der Waals surface area contributed by atoms with Crippen LogP contribution in [0.1, 0.15) is 143 Å². The molecule has 33 heavy (non-hydrogen) atoms. The molecular formula is C30H50O3. The van der Waals surface area contributed by atoms with Crippen LogP contribution >= 0.6 is 0 Å². The van der Waals surface area contributed by atoms with Gasteiger partial charge in [-0.2, -0.15) is 0 Å². The lowest BCUT2D eigenvalue weighted by molar-refractivity contribution is -0.132. The monoisotopic (exact) mass is 458 g/mol. The number of carbonyl (C=O) groups excluding carboxylic acids is 1. The molecule has 1 N–H and O–H groups in total. The molecule has 1 rings (SSSR count). The number of phenolic OH excluding ortho intramolecular Hbond substituents is 1. The summed E-state index contributed by atoms with van der Waals surface area (Å²) < 4.78 is 5.85. The van der Waals surface area contributed by atoms with Crippen LogP contribution in [0.15, 0.2) is 11.6 Å². The molecule has 0 radical (unpaired) electrons. The van der Waals surface area contributed by atoms with Crippen LogP contribution in [0.3, 0.4) is 0 Å². The summed E-state index contributed by atoms with van der Waals surface area (Å²) in [7, 11) is 0. The molecule has 0 fully saturated rings. The summed E-state index contributed by atoms with van der Waals surface area (Å²) in [6.45, 7) is 18.6. The van der Waals surface area contributed by atoms with Crippen molar-refractivity contribution in [1.82, 2.24) is 0 Å². The summed E-state index contributed by atoms with van der Waals surface area (Å²) >= 11 is 0. The molecule has 0 heterocycles. The first-order chi connectivity index (χ1) is 15.3. The molecular weight excluding hydrogens is 408 g/mol. The zero-order valence-electron chi connectivity index (χ0n) is 23.0. The molecule has 188 valence electrons. The molecule has 0 amide bonds. The van der Waals surface area contributed by atoms with Crippen LogP contribution in [0.5, 0.6) is 11.5 Å². The van der Waals surface area contributed by atoms with Crippen LogP contribution in [0.2, 0.25) is 0 Å². The summed E-state index contributed by atoms with van der Waals surface area (Å²) in [4.78, 5) is 12.1. The van der Waals surface area contributed by atoms with E-state index in [0.29, 0.717) is 5.75 Å². The van der Waals surface area contributed by atoms with E-state index in [4.69, 9.17) is 4.74 Å². The van der Waals surface area contributed by atoms with Gasteiger partial charge in [0.1, 0.15) is 11.5 Å². The topological polar surface area (TPSA) is 46.5 Å². The molecule has 0 saturated carbocycles. The number of unbranched alkanes of at least 4 members (excludes halogenated alkanes) is 6. The number of esters is 1. The number of hydrogen-bond donors (Lipinski definition) is 1. The molecule has 0 aromatic heterocycles. The fourth-order valence-electron chi connectivity index (χ4n) is 4.39. The second-order valence-electron chi connectivity index (χ2n) is 11.6. The van der Waals surface area contributed by atoms with Crippen LogP contribution in [0.4, 0.5) is 0 Å². The van der Waals surface area contributed by atoms with Crippen molar-refractivity contribution in [3.63, 3.8) is 0 Å². The van der Waals surface area contributed by atoms with Crippen molar-refractivity contribution >= 4 is 12.0 Å². The smallest absolute Gasteiger partial charge is 0.308 e. The average Bonchev–Trinajstić information content (AvgIpc) is 2.68. The minimum atomic E-state index is -0.328. The first-order valence-electron chi connectivity index (χ1n) is 13.1. The highest BCUT2D eigenvalue weighted by Gasteiger charge is 2.32. The summed E-state index contributed by atoms with van der Waals surface area (Å²) in [6, 6.07) is 1.81. The third-order valence-corrected chi connectivity index (χ3v) is 6.15. The first-order valence-corrected chi connectivity index (χ1v) is 13.1. The molecule has 1 aromatic carbocycles. The molecule has 1 aromatic rings. The second kappa shape index (κ2) is 13.2. The highest BCUT2D eigenvalue weighted by Crippen LogP contribution is 2.46. The summed E-state index contributed by atoms with van der Waals surface area (Å²) in [5.74, 6) is 0.564. The Morgan fingerprint density at radius 2 is 1.39 bits per heavy atom. The zero-order chi connectivity index (χ0) is 25.2. The van der Waals surface area contributed by atoms with E-state index in [9.17, 15) is 9.90 Å². The summed E-state index contributed by atoms with van der Waals surface area (Å²) in [5, 5.41) is 11.2. The highest BCUT2D eigenvalue weighted by atomic mass is 16.5. The normalized spacial score (nSPS) is 12.0. The number of benzene rings is 1. The molecule has 0 aliphatic rings. The third kappa shape index (κ3) is 9.55. The van der Waals surface area contributed by atoms with Gasteiger partial charge < -0.3 is 9.84 Å². The van der Waals surface area contributed by atoms with Gasteiger partial charge >= 0.3 is 5.97 Å². The van der Waals surface area contributed by atoms with Gasteiger partial charge in [-0.1, -0.05) is 106 Å². The number of allylic oxidation sites excluding steroid dienone is 1. The number of ether oxygens (including phenoxy) is 1. The van der Waals surface area contributed by atoms with Gasteiger partial charge in [-0.05, 0) is 42.6 Å². The van der Waals surface area contributed by atoms with Gasteiger partial charge in [0.05, 0.1) is 0 Å². The fourth-order valence-corrected chi connectivity index (χ4v) is 4.39. The summed E-state index contributed by atoms with van der Waals surface area (Å²) in [5.41, 5.74) is 3.42. The van der Waals surface area contributed by atoms with E-state index in [0.717, 1.165) is 29.5 Å². The number of carbonyl (C=O) groups is 1. The Morgan fingerprint density at radius 1 is 0.879 bits per heavy atom. The number of phenols is 1. The van der Waals surface area contributed by atoms with Gasteiger partial charge in [0.25, 0.3) is 0 Å². The van der Waals surface area contributed by atoms with Gasteiger partial charge in [-0.25, -0.2) is 0 Å². The van der Waals surface area contributed by atoms with Crippen molar-refractivity contribution in [3.8, 4) is 11.5 Å². The molecule has 3 heteroatoms. The lowest BCUT2D eigenvalue weighted by Gasteiger charge is -2.31. The van der Waals surface area contributed by atoms with E-state index in [1.165, 1.54) is 63.9 Å². The second-order valence-corrected chi connectivity index (χ2v) is 11.6. The Morgan fingerprint density at radius 3 is 1.79 bits per heavy atom. The Kier molecular flexibility index (Phi) is 11.7. The van der Waals surface area contributed by atoms with Crippen molar-refractivity contribution < 1.29 is 14.6 Å². The van der Waals surface area contributed by atoms with Crippen molar-refractivity contribution in [3.05, 3.63) is 28.3 Å². The van der Waals surface area contributed by atoms with E-state index in [1.807, 2.05) is 6.07 Å². The van der Waals surface area contributed by atoms with Crippen LogP contribution in [0.25, 0.3) is 6.08 Å². The lowest BCUT2D eigenvalue weighted by Crippen LogP contribution is -2.22.